The lowest BCUT2D eigenvalue weighted by Crippen LogP contribution is -2.29. The molecule has 0 aliphatic rings. The van der Waals surface area contributed by atoms with E-state index >= 15 is 0 Å². The van der Waals surface area contributed by atoms with Crippen LogP contribution in [0, 0.1) is 13.8 Å². The highest BCUT2D eigenvalue weighted by Gasteiger charge is 2.14. The summed E-state index contributed by atoms with van der Waals surface area (Å²) in [6.45, 7) is 6.38. The Kier molecular flexibility index (Phi) is 7.22. The third-order valence-electron chi connectivity index (χ3n) is 5.38. The number of fused-ring (bicyclic) bond motifs is 1. The first-order valence-electron chi connectivity index (χ1n) is 10.4. The highest BCUT2D eigenvalue weighted by Crippen LogP contribution is 2.25. The number of nitrogen functional groups attached to an aromatic ring is 1. The van der Waals surface area contributed by atoms with Crippen molar-refractivity contribution in [3.8, 4) is 5.75 Å². The van der Waals surface area contributed by atoms with Gasteiger partial charge in [0, 0.05) is 31.0 Å². The van der Waals surface area contributed by atoms with Gasteiger partial charge in [0.05, 0.1) is 17.6 Å². The van der Waals surface area contributed by atoms with Gasteiger partial charge in [-0.15, -0.1) is 12.4 Å². The summed E-state index contributed by atoms with van der Waals surface area (Å²) in [6, 6.07) is 18.0. The van der Waals surface area contributed by atoms with E-state index < -0.39 is 0 Å². The van der Waals surface area contributed by atoms with Crippen LogP contribution in [0.2, 0.25) is 0 Å². The van der Waals surface area contributed by atoms with Crippen LogP contribution in [0.25, 0.3) is 11.0 Å². The van der Waals surface area contributed by atoms with Gasteiger partial charge in [-0.25, -0.2) is 4.98 Å². The maximum absolute atomic E-state index is 10.2. The minimum atomic E-state index is 0. The van der Waals surface area contributed by atoms with Crippen LogP contribution < -0.4 is 16.4 Å². The van der Waals surface area contributed by atoms with E-state index in [-0.39, 0.29) is 18.2 Å². The van der Waals surface area contributed by atoms with E-state index in [1.165, 1.54) is 5.56 Å². The number of aromatic nitrogens is 3. The number of rotatable bonds is 7. The number of aromatic hydroxyl groups is 1. The zero-order valence-electron chi connectivity index (χ0n) is 18.3. The van der Waals surface area contributed by atoms with Crippen LogP contribution in [0.5, 0.6) is 5.75 Å². The van der Waals surface area contributed by atoms with E-state index in [0.29, 0.717) is 24.7 Å². The van der Waals surface area contributed by atoms with Crippen molar-refractivity contribution in [1.82, 2.24) is 14.5 Å². The number of imidazole rings is 1. The van der Waals surface area contributed by atoms with Crippen LogP contribution in [-0.4, -0.2) is 32.7 Å². The number of nitrogens with two attached hydrogens (primary N) is 2. The van der Waals surface area contributed by atoms with Crippen molar-refractivity contribution in [1.29, 1.82) is 0 Å². The van der Waals surface area contributed by atoms with Gasteiger partial charge >= 0.3 is 0 Å². The molecule has 8 heteroatoms. The fraction of sp³-hybridized carbons (Fsp3) is 0.250. The Morgan fingerprint density at radius 3 is 2.59 bits per heavy atom. The summed E-state index contributed by atoms with van der Waals surface area (Å²) in [4.78, 5) is 11.2. The average molecular weight is 453 g/mol. The van der Waals surface area contributed by atoms with E-state index in [9.17, 15) is 5.11 Å². The smallest absolute Gasteiger partial charge is 0.201 e. The molecule has 0 fully saturated rings. The molecule has 0 saturated heterocycles. The summed E-state index contributed by atoms with van der Waals surface area (Å²) in [5, 5.41) is 10.2. The maximum atomic E-state index is 10.2. The molecule has 0 amide bonds. The zero-order valence-corrected chi connectivity index (χ0v) is 19.1. The Hall–Kier alpha value is -3.29. The van der Waals surface area contributed by atoms with Crippen molar-refractivity contribution in [2.45, 2.75) is 26.9 Å². The van der Waals surface area contributed by atoms with Crippen molar-refractivity contribution in [2.24, 2.45) is 5.73 Å². The molecular weight excluding hydrogens is 424 g/mol. The van der Waals surface area contributed by atoms with Crippen LogP contribution in [0.3, 0.4) is 0 Å². The topological polar surface area (TPSA) is 106 Å². The highest BCUT2D eigenvalue weighted by molar-refractivity contribution is 5.85. The molecule has 0 aliphatic carbocycles. The quantitative estimate of drug-likeness (QED) is 0.394. The minimum absolute atomic E-state index is 0. The SMILES string of the molecule is Cc1cccc(N(CCN)Cc2ccc3nc(N)n(Cc4nc(C)ccc4O)c3c2)c1.Cl. The van der Waals surface area contributed by atoms with Gasteiger partial charge in [0.2, 0.25) is 5.95 Å². The number of pyridine rings is 1. The average Bonchev–Trinajstić information content (AvgIpc) is 3.05. The van der Waals surface area contributed by atoms with Crippen molar-refractivity contribution >= 4 is 35.1 Å². The Balaban J connectivity index is 0.00000289. The summed E-state index contributed by atoms with van der Waals surface area (Å²) in [6.07, 6.45) is 0. The van der Waals surface area contributed by atoms with Crippen molar-refractivity contribution in [3.05, 3.63) is 77.1 Å². The molecule has 4 aromatic rings. The van der Waals surface area contributed by atoms with Crippen molar-refractivity contribution in [2.75, 3.05) is 23.7 Å². The standard InChI is InChI=1S/C24H28N6O.ClH/c1-16-4-3-5-19(12-16)29(11-10-25)14-18-7-8-20-22(13-18)30(24(26)28-20)15-21-23(31)9-6-17(2)27-21;/h3-9,12-13,31H,10-11,14-15,25H2,1-2H3,(H2,26,28);1H. The number of hydrogen-bond acceptors (Lipinski definition) is 6. The minimum Gasteiger partial charge on any atom is -0.506 e. The first-order chi connectivity index (χ1) is 14.9. The predicted molar refractivity (Wildman–Crippen MR) is 132 cm³/mol. The van der Waals surface area contributed by atoms with Crippen LogP contribution in [-0.2, 0) is 13.1 Å². The number of hydrogen-bond donors (Lipinski definition) is 3. The van der Waals surface area contributed by atoms with Gasteiger partial charge in [0.15, 0.2) is 0 Å². The fourth-order valence-corrected chi connectivity index (χ4v) is 3.82. The molecule has 0 atom stereocenters. The van der Waals surface area contributed by atoms with Crippen LogP contribution >= 0.6 is 12.4 Å². The van der Waals surface area contributed by atoms with E-state index in [1.807, 2.05) is 17.6 Å². The molecular formula is C24H29ClN6O. The van der Waals surface area contributed by atoms with Crippen molar-refractivity contribution in [3.63, 3.8) is 0 Å². The fourth-order valence-electron chi connectivity index (χ4n) is 3.82. The summed E-state index contributed by atoms with van der Waals surface area (Å²) >= 11 is 0. The summed E-state index contributed by atoms with van der Waals surface area (Å²) in [5.74, 6) is 0.545. The van der Waals surface area contributed by atoms with Gasteiger partial charge in [0.25, 0.3) is 0 Å². The molecule has 0 spiro atoms. The third-order valence-corrected chi connectivity index (χ3v) is 5.38. The maximum Gasteiger partial charge on any atom is 0.201 e. The zero-order chi connectivity index (χ0) is 22.0. The van der Waals surface area contributed by atoms with Crippen LogP contribution in [0.1, 0.15) is 22.5 Å². The van der Waals surface area contributed by atoms with Crippen molar-refractivity contribution < 1.29 is 5.11 Å². The van der Waals surface area contributed by atoms with E-state index in [1.54, 1.807) is 12.1 Å². The number of nitrogens with zero attached hydrogens (tertiary/aromatic N) is 4. The largest absolute Gasteiger partial charge is 0.506 e. The molecule has 0 unspecified atom stereocenters. The number of anilines is 2. The molecule has 0 radical (unpaired) electrons. The molecule has 168 valence electrons. The molecule has 0 aliphatic heterocycles. The second kappa shape index (κ2) is 9.89. The Morgan fingerprint density at radius 2 is 1.84 bits per heavy atom. The molecule has 2 aromatic heterocycles. The normalized spacial score (nSPS) is 10.8. The second-order valence-corrected chi connectivity index (χ2v) is 7.85. The molecule has 0 saturated carbocycles. The Bertz CT molecular complexity index is 1220. The summed E-state index contributed by atoms with van der Waals surface area (Å²) in [7, 11) is 0. The van der Waals surface area contributed by atoms with Gasteiger partial charge in [0.1, 0.15) is 11.4 Å². The van der Waals surface area contributed by atoms with Crippen LogP contribution in [0.4, 0.5) is 11.6 Å². The lowest BCUT2D eigenvalue weighted by Gasteiger charge is -2.25. The van der Waals surface area contributed by atoms with E-state index in [4.69, 9.17) is 11.5 Å². The number of aryl methyl sites for hydroxylation is 2. The molecule has 32 heavy (non-hydrogen) atoms. The lowest BCUT2D eigenvalue weighted by molar-refractivity contribution is 0.461. The summed E-state index contributed by atoms with van der Waals surface area (Å²) in [5.41, 5.74) is 18.7. The molecule has 0 bridgehead atoms. The molecule has 5 N–H and O–H groups in total. The van der Waals surface area contributed by atoms with Gasteiger partial charge in [-0.1, -0.05) is 18.2 Å². The monoisotopic (exact) mass is 452 g/mol. The highest BCUT2D eigenvalue weighted by atomic mass is 35.5. The third kappa shape index (κ3) is 4.95. The Labute approximate surface area is 194 Å². The summed E-state index contributed by atoms with van der Waals surface area (Å²) < 4.78 is 1.89. The second-order valence-electron chi connectivity index (χ2n) is 7.85. The molecule has 2 heterocycles. The predicted octanol–water partition coefficient (Wildman–Crippen LogP) is 3.77. The van der Waals surface area contributed by atoms with Gasteiger partial charge in [-0.2, -0.15) is 0 Å². The number of halogens is 1. The van der Waals surface area contributed by atoms with E-state index in [0.717, 1.165) is 41.1 Å². The molecule has 7 nitrogen and oxygen atoms in total. The molecule has 4 rings (SSSR count). The first-order valence-corrected chi connectivity index (χ1v) is 10.4. The van der Waals surface area contributed by atoms with Gasteiger partial charge in [-0.3, -0.25) is 4.98 Å². The lowest BCUT2D eigenvalue weighted by atomic mass is 10.1. The van der Waals surface area contributed by atoms with Gasteiger partial charge < -0.3 is 26.0 Å². The first kappa shape index (κ1) is 23.4. The Morgan fingerprint density at radius 1 is 1.03 bits per heavy atom. The van der Waals surface area contributed by atoms with Gasteiger partial charge in [-0.05, 0) is 61.4 Å². The molecule has 2 aromatic carbocycles. The van der Waals surface area contributed by atoms with E-state index in [2.05, 4.69) is 58.2 Å². The number of benzene rings is 2. The van der Waals surface area contributed by atoms with Crippen LogP contribution in [0.15, 0.2) is 54.6 Å².